The van der Waals surface area contributed by atoms with Crippen molar-refractivity contribution in [3.8, 4) is 5.75 Å². The van der Waals surface area contributed by atoms with Gasteiger partial charge in [0.25, 0.3) is 0 Å². The van der Waals surface area contributed by atoms with E-state index in [1.807, 2.05) is 17.5 Å². The van der Waals surface area contributed by atoms with Crippen molar-refractivity contribution < 1.29 is 9.13 Å². The Balaban J connectivity index is 1.84. The molecular formula is C17H18FN5O. The van der Waals surface area contributed by atoms with Crippen LogP contribution in [-0.4, -0.2) is 33.2 Å². The highest BCUT2D eigenvalue weighted by atomic mass is 19.1. The minimum atomic E-state index is -0.254. The van der Waals surface area contributed by atoms with Crippen LogP contribution in [0.3, 0.4) is 0 Å². The van der Waals surface area contributed by atoms with Crippen molar-refractivity contribution in [1.82, 2.24) is 19.6 Å². The number of fused-ring (bicyclic) bond motifs is 1. The Kier molecular flexibility index (Phi) is 3.55. The zero-order chi connectivity index (χ0) is 16.7. The van der Waals surface area contributed by atoms with E-state index in [2.05, 4.69) is 20.1 Å². The molecule has 6 nitrogen and oxygen atoms in total. The van der Waals surface area contributed by atoms with Gasteiger partial charge in [0.1, 0.15) is 17.4 Å². The molecule has 1 aliphatic rings. The van der Waals surface area contributed by atoms with Crippen LogP contribution in [0, 0.1) is 12.7 Å². The Labute approximate surface area is 138 Å². The van der Waals surface area contributed by atoms with Crippen molar-refractivity contribution in [2.24, 2.45) is 0 Å². The van der Waals surface area contributed by atoms with E-state index in [1.165, 1.54) is 6.07 Å². The lowest BCUT2D eigenvalue weighted by Crippen LogP contribution is -2.25. The van der Waals surface area contributed by atoms with Crippen molar-refractivity contribution in [1.29, 1.82) is 0 Å². The van der Waals surface area contributed by atoms with Crippen LogP contribution in [0.25, 0.3) is 5.65 Å². The smallest absolute Gasteiger partial charge is 0.203 e. The fourth-order valence-electron chi connectivity index (χ4n) is 3.47. The summed E-state index contributed by atoms with van der Waals surface area (Å²) in [7, 11) is 1.57. The minimum absolute atomic E-state index is 0.128. The van der Waals surface area contributed by atoms with E-state index in [0.717, 1.165) is 31.0 Å². The number of halogens is 1. The highest BCUT2D eigenvalue weighted by molar-refractivity contribution is 5.65. The number of aryl methyl sites for hydroxylation is 1. The topological polar surface area (TPSA) is 55.5 Å². The van der Waals surface area contributed by atoms with Gasteiger partial charge < -0.3 is 9.64 Å². The Hall–Kier alpha value is -2.70. The van der Waals surface area contributed by atoms with Gasteiger partial charge in [0.05, 0.1) is 18.7 Å². The van der Waals surface area contributed by atoms with Crippen LogP contribution in [0.5, 0.6) is 5.75 Å². The number of nitrogens with zero attached hydrogens (tertiary/aromatic N) is 5. The molecule has 3 heterocycles. The lowest BCUT2D eigenvalue weighted by molar-refractivity contribution is 0.399. The summed E-state index contributed by atoms with van der Waals surface area (Å²) >= 11 is 0. The Morgan fingerprint density at radius 1 is 1.29 bits per heavy atom. The summed E-state index contributed by atoms with van der Waals surface area (Å²) in [5, 5.41) is 8.36. The van der Waals surface area contributed by atoms with Crippen molar-refractivity contribution in [2.75, 3.05) is 18.6 Å². The third-order valence-corrected chi connectivity index (χ3v) is 4.57. The first-order chi connectivity index (χ1) is 11.7. The van der Waals surface area contributed by atoms with Gasteiger partial charge >= 0.3 is 0 Å². The third kappa shape index (κ3) is 2.19. The molecule has 0 saturated carbocycles. The van der Waals surface area contributed by atoms with Gasteiger partial charge in [-0.05, 0) is 31.9 Å². The fraction of sp³-hybridized carbons (Fsp3) is 0.353. The molecular weight excluding hydrogens is 309 g/mol. The molecule has 1 fully saturated rings. The van der Waals surface area contributed by atoms with E-state index < -0.39 is 0 Å². The van der Waals surface area contributed by atoms with E-state index >= 15 is 0 Å². The van der Waals surface area contributed by atoms with Gasteiger partial charge in [-0.2, -0.15) is 0 Å². The summed E-state index contributed by atoms with van der Waals surface area (Å²) in [6, 6.07) is 4.81. The average molecular weight is 327 g/mol. The van der Waals surface area contributed by atoms with Crippen LogP contribution in [0.1, 0.15) is 30.3 Å². The Morgan fingerprint density at radius 3 is 3.00 bits per heavy atom. The van der Waals surface area contributed by atoms with Gasteiger partial charge in [0.15, 0.2) is 5.82 Å². The van der Waals surface area contributed by atoms with Gasteiger partial charge in [-0.1, -0.05) is 6.07 Å². The molecule has 4 rings (SSSR count). The monoisotopic (exact) mass is 327 g/mol. The predicted octanol–water partition coefficient (Wildman–Crippen LogP) is 2.92. The van der Waals surface area contributed by atoms with Gasteiger partial charge in [-0.3, -0.25) is 4.40 Å². The third-order valence-electron chi connectivity index (χ3n) is 4.57. The molecule has 1 aliphatic heterocycles. The van der Waals surface area contributed by atoms with Crippen LogP contribution in [0.15, 0.2) is 30.6 Å². The second-order valence-corrected chi connectivity index (χ2v) is 5.90. The van der Waals surface area contributed by atoms with Gasteiger partial charge in [0.2, 0.25) is 5.65 Å². The molecule has 124 valence electrons. The van der Waals surface area contributed by atoms with Crippen molar-refractivity contribution in [2.45, 2.75) is 25.8 Å². The van der Waals surface area contributed by atoms with Crippen molar-refractivity contribution >= 4 is 11.5 Å². The zero-order valence-electron chi connectivity index (χ0n) is 13.6. The van der Waals surface area contributed by atoms with Gasteiger partial charge in [0, 0.05) is 18.9 Å². The molecule has 1 saturated heterocycles. The number of methoxy groups -OCH3 is 1. The maximum Gasteiger partial charge on any atom is 0.203 e. The number of rotatable bonds is 3. The Morgan fingerprint density at radius 2 is 2.17 bits per heavy atom. The van der Waals surface area contributed by atoms with Gasteiger partial charge in [-0.25, -0.2) is 9.37 Å². The largest absolute Gasteiger partial charge is 0.496 e. The van der Waals surface area contributed by atoms with Crippen LogP contribution in [0.2, 0.25) is 0 Å². The SMILES string of the molecule is COc1cccc(F)c1C1CCCN1c1nccn2c(C)nnc12. The summed E-state index contributed by atoms with van der Waals surface area (Å²) in [5.74, 6) is 1.84. The molecule has 0 bridgehead atoms. The summed E-state index contributed by atoms with van der Waals surface area (Å²) in [6.07, 6.45) is 5.36. The van der Waals surface area contributed by atoms with Crippen LogP contribution in [-0.2, 0) is 0 Å². The maximum atomic E-state index is 14.5. The zero-order valence-corrected chi connectivity index (χ0v) is 13.6. The first kappa shape index (κ1) is 14.9. The maximum absolute atomic E-state index is 14.5. The summed E-state index contributed by atoms with van der Waals surface area (Å²) in [4.78, 5) is 6.60. The Bertz CT molecular complexity index is 894. The first-order valence-corrected chi connectivity index (χ1v) is 7.96. The van der Waals surface area contributed by atoms with E-state index in [-0.39, 0.29) is 11.9 Å². The lowest BCUT2D eigenvalue weighted by atomic mass is 10.0. The van der Waals surface area contributed by atoms with Crippen molar-refractivity contribution in [3.05, 3.63) is 47.8 Å². The van der Waals surface area contributed by atoms with Crippen LogP contribution in [0.4, 0.5) is 10.2 Å². The number of benzene rings is 1. The molecule has 1 aromatic carbocycles. The molecule has 1 unspecified atom stereocenters. The summed E-state index contributed by atoms with van der Waals surface area (Å²) in [5.41, 5.74) is 1.27. The minimum Gasteiger partial charge on any atom is -0.496 e. The van der Waals surface area contributed by atoms with E-state index in [4.69, 9.17) is 4.74 Å². The second-order valence-electron chi connectivity index (χ2n) is 5.90. The number of hydrogen-bond acceptors (Lipinski definition) is 5. The number of hydrogen-bond donors (Lipinski definition) is 0. The molecule has 0 radical (unpaired) electrons. The second kappa shape index (κ2) is 5.74. The first-order valence-electron chi connectivity index (χ1n) is 7.96. The number of aromatic nitrogens is 4. The molecule has 3 aromatic rings. The quantitative estimate of drug-likeness (QED) is 0.740. The van der Waals surface area contributed by atoms with Gasteiger partial charge in [-0.15, -0.1) is 10.2 Å². The van der Waals surface area contributed by atoms with E-state index in [1.54, 1.807) is 25.4 Å². The summed E-state index contributed by atoms with van der Waals surface area (Å²) < 4.78 is 21.8. The van der Waals surface area contributed by atoms with Crippen LogP contribution >= 0.6 is 0 Å². The summed E-state index contributed by atoms with van der Waals surface area (Å²) in [6.45, 7) is 2.69. The molecule has 7 heteroatoms. The molecule has 0 aliphatic carbocycles. The molecule has 0 spiro atoms. The molecule has 2 aromatic heterocycles. The molecule has 0 amide bonds. The van der Waals surface area contributed by atoms with E-state index in [0.29, 0.717) is 17.0 Å². The number of ether oxygens (including phenoxy) is 1. The van der Waals surface area contributed by atoms with Crippen LogP contribution < -0.4 is 9.64 Å². The van der Waals surface area contributed by atoms with Crippen molar-refractivity contribution in [3.63, 3.8) is 0 Å². The molecule has 0 N–H and O–H groups in total. The van der Waals surface area contributed by atoms with E-state index in [9.17, 15) is 4.39 Å². The predicted molar refractivity (Wildman–Crippen MR) is 87.8 cm³/mol. The lowest BCUT2D eigenvalue weighted by Gasteiger charge is -2.27. The molecule has 1 atom stereocenters. The molecule has 24 heavy (non-hydrogen) atoms. The fourth-order valence-corrected chi connectivity index (χ4v) is 3.47. The standard InChI is InChI=1S/C17H18FN5O/c1-11-20-21-17-16(19-8-10-22(11)17)23-9-4-6-13(23)15-12(18)5-3-7-14(15)24-2/h3,5,7-8,10,13H,4,6,9H2,1-2H3. The average Bonchev–Trinajstić information content (AvgIpc) is 3.22. The highest BCUT2D eigenvalue weighted by Crippen LogP contribution is 2.41. The normalized spacial score (nSPS) is 17.6. The highest BCUT2D eigenvalue weighted by Gasteiger charge is 2.33. The number of anilines is 1.